The fraction of sp³-hybridized carbons (Fsp3) is 0.538. The van der Waals surface area contributed by atoms with Crippen molar-refractivity contribution in [1.29, 1.82) is 0 Å². The molecule has 3 aromatic heterocycles. The number of likely N-dealkylation sites (tertiary alicyclic amines) is 1. The van der Waals surface area contributed by atoms with Crippen molar-refractivity contribution in [1.82, 2.24) is 34.9 Å². The van der Waals surface area contributed by atoms with Gasteiger partial charge in [0.2, 0.25) is 0 Å². The van der Waals surface area contributed by atoms with E-state index in [1.807, 2.05) is 40.7 Å². The number of nitrogens with zero attached hydrogens (tertiary/aromatic N) is 6. The summed E-state index contributed by atoms with van der Waals surface area (Å²) >= 11 is 0. The van der Waals surface area contributed by atoms with Gasteiger partial charge in [-0.3, -0.25) is 9.89 Å². The van der Waals surface area contributed by atoms with E-state index >= 15 is 0 Å². The molecule has 0 spiro atoms. The van der Waals surface area contributed by atoms with Crippen LogP contribution in [0.25, 0.3) is 0 Å². The van der Waals surface area contributed by atoms with Crippen molar-refractivity contribution in [2.75, 3.05) is 25.0 Å². The Bertz CT molecular complexity index is 1220. The third kappa shape index (κ3) is 6.29. The Kier molecular flexibility index (Phi) is 7.98. The summed E-state index contributed by atoms with van der Waals surface area (Å²) in [5.74, 6) is 1.91. The van der Waals surface area contributed by atoms with E-state index in [9.17, 15) is 14.7 Å². The van der Waals surface area contributed by atoms with Gasteiger partial charge in [0.1, 0.15) is 29.3 Å². The highest BCUT2D eigenvalue weighted by molar-refractivity contribution is 5.98. The lowest BCUT2D eigenvalue weighted by Crippen LogP contribution is -2.54. The van der Waals surface area contributed by atoms with Crippen LogP contribution in [0.3, 0.4) is 0 Å². The van der Waals surface area contributed by atoms with Crippen molar-refractivity contribution in [3.05, 3.63) is 53.9 Å². The molecular formula is C26H36N8O4. The molecule has 0 aliphatic carbocycles. The van der Waals surface area contributed by atoms with E-state index in [-0.39, 0.29) is 42.3 Å². The Balaban J connectivity index is 1.69. The van der Waals surface area contributed by atoms with Gasteiger partial charge in [-0.05, 0) is 24.5 Å². The molecule has 1 saturated heterocycles. The van der Waals surface area contributed by atoms with Crippen LogP contribution in [0.5, 0.6) is 0 Å². The van der Waals surface area contributed by atoms with Gasteiger partial charge >= 0.3 is 6.09 Å². The highest BCUT2D eigenvalue weighted by Crippen LogP contribution is 2.30. The molecule has 1 fully saturated rings. The van der Waals surface area contributed by atoms with Gasteiger partial charge in [0.05, 0.1) is 18.8 Å². The second-order valence-electron chi connectivity index (χ2n) is 11.1. The van der Waals surface area contributed by atoms with Crippen LogP contribution in [-0.4, -0.2) is 77.7 Å². The third-order valence-electron chi connectivity index (χ3n) is 6.46. The normalized spacial score (nSPS) is 18.0. The number of amides is 2. The zero-order chi connectivity index (χ0) is 27.4. The van der Waals surface area contributed by atoms with Gasteiger partial charge < -0.3 is 24.6 Å². The molecular weight excluding hydrogens is 488 g/mol. The van der Waals surface area contributed by atoms with Crippen molar-refractivity contribution < 1.29 is 19.1 Å². The molecule has 1 aliphatic heterocycles. The fourth-order valence-electron chi connectivity index (χ4n) is 4.62. The van der Waals surface area contributed by atoms with Gasteiger partial charge in [0.15, 0.2) is 5.82 Å². The molecule has 0 aromatic carbocycles. The van der Waals surface area contributed by atoms with Crippen LogP contribution in [0.4, 0.5) is 10.6 Å². The van der Waals surface area contributed by atoms with Gasteiger partial charge in [-0.15, -0.1) is 0 Å². The number of furan rings is 1. The molecule has 1 aliphatic rings. The topological polar surface area (TPSA) is 153 Å². The first-order valence-corrected chi connectivity index (χ1v) is 12.8. The van der Waals surface area contributed by atoms with Crippen LogP contribution in [0.1, 0.15) is 74.7 Å². The molecule has 3 N–H and O–H groups in total. The molecule has 2 amide bonds. The summed E-state index contributed by atoms with van der Waals surface area (Å²) in [6, 6.07) is 3.27. The number of anilines is 1. The quantitative estimate of drug-likeness (QED) is 0.400. The predicted molar refractivity (Wildman–Crippen MR) is 140 cm³/mol. The summed E-state index contributed by atoms with van der Waals surface area (Å²) in [6.45, 7) is 11.3. The fourth-order valence-corrected chi connectivity index (χ4v) is 4.62. The molecule has 4 rings (SSSR count). The van der Waals surface area contributed by atoms with Gasteiger partial charge in [-0.2, -0.15) is 5.10 Å². The van der Waals surface area contributed by atoms with Gasteiger partial charge in [-0.25, -0.2) is 19.7 Å². The minimum Gasteiger partial charge on any atom is -0.467 e. The summed E-state index contributed by atoms with van der Waals surface area (Å²) in [6.07, 6.45) is 4.14. The molecule has 0 saturated carbocycles. The monoisotopic (exact) mass is 524 g/mol. The van der Waals surface area contributed by atoms with Crippen molar-refractivity contribution in [2.24, 2.45) is 5.92 Å². The van der Waals surface area contributed by atoms with E-state index in [0.29, 0.717) is 48.3 Å². The van der Waals surface area contributed by atoms with E-state index in [1.54, 1.807) is 23.4 Å². The highest BCUT2D eigenvalue weighted by atomic mass is 16.4. The number of aromatic nitrogens is 5. The minimum atomic E-state index is -1.04. The SMILES string of the molecule is CC(C)CN(C(=O)c1cnc(C(C)(C)C)nc1NCc1ccco1)[C@H]1C[C@@H](c2nc[nH]n2)CN(C(=O)O)C1. The first kappa shape index (κ1) is 27.1. The van der Waals surface area contributed by atoms with Crippen LogP contribution >= 0.6 is 0 Å². The second kappa shape index (κ2) is 11.2. The Morgan fingerprint density at radius 1 is 1.29 bits per heavy atom. The maximum atomic E-state index is 14.2. The Hall–Kier alpha value is -3.96. The number of H-pyrrole nitrogens is 1. The third-order valence-corrected chi connectivity index (χ3v) is 6.46. The van der Waals surface area contributed by atoms with E-state index in [4.69, 9.17) is 9.40 Å². The summed E-state index contributed by atoms with van der Waals surface area (Å²) in [7, 11) is 0. The van der Waals surface area contributed by atoms with E-state index in [2.05, 4.69) is 25.5 Å². The number of hydrogen-bond acceptors (Lipinski definition) is 8. The van der Waals surface area contributed by atoms with Crippen molar-refractivity contribution in [3.8, 4) is 0 Å². The van der Waals surface area contributed by atoms with Crippen LogP contribution in [0, 0.1) is 5.92 Å². The molecule has 0 unspecified atom stereocenters. The predicted octanol–water partition coefficient (Wildman–Crippen LogP) is 3.73. The van der Waals surface area contributed by atoms with Crippen LogP contribution < -0.4 is 5.32 Å². The average Bonchev–Trinajstić information content (AvgIpc) is 3.59. The summed E-state index contributed by atoms with van der Waals surface area (Å²) in [5.41, 5.74) is 0.00206. The van der Waals surface area contributed by atoms with Gasteiger partial charge in [0.25, 0.3) is 5.91 Å². The summed E-state index contributed by atoms with van der Waals surface area (Å²) < 4.78 is 5.45. The van der Waals surface area contributed by atoms with Crippen LogP contribution in [-0.2, 0) is 12.0 Å². The van der Waals surface area contributed by atoms with Crippen molar-refractivity contribution in [2.45, 2.75) is 65.0 Å². The number of hydrogen-bond donors (Lipinski definition) is 3. The second-order valence-corrected chi connectivity index (χ2v) is 11.1. The van der Waals surface area contributed by atoms with E-state index < -0.39 is 6.09 Å². The van der Waals surface area contributed by atoms with Crippen molar-refractivity contribution >= 4 is 17.8 Å². The van der Waals surface area contributed by atoms with E-state index in [0.717, 1.165) is 0 Å². The maximum absolute atomic E-state index is 14.2. The van der Waals surface area contributed by atoms with Gasteiger partial charge in [0, 0.05) is 37.2 Å². The summed E-state index contributed by atoms with van der Waals surface area (Å²) in [5, 5.41) is 20.0. The Morgan fingerprint density at radius 3 is 2.68 bits per heavy atom. The molecule has 4 heterocycles. The highest BCUT2D eigenvalue weighted by Gasteiger charge is 2.38. The molecule has 2 atom stereocenters. The Morgan fingerprint density at radius 2 is 2.08 bits per heavy atom. The molecule has 204 valence electrons. The number of aromatic amines is 1. The summed E-state index contributed by atoms with van der Waals surface area (Å²) in [4.78, 5) is 42.8. The number of carbonyl (C=O) groups excluding carboxylic acids is 1. The first-order chi connectivity index (χ1) is 18.0. The average molecular weight is 525 g/mol. The molecule has 3 aromatic rings. The van der Waals surface area contributed by atoms with E-state index in [1.165, 1.54) is 11.2 Å². The number of carboxylic acid groups (broad SMARTS) is 1. The minimum absolute atomic E-state index is 0.149. The Labute approximate surface area is 221 Å². The van der Waals surface area contributed by atoms with Crippen LogP contribution in [0.2, 0.25) is 0 Å². The molecule has 12 heteroatoms. The smallest absolute Gasteiger partial charge is 0.407 e. The number of piperidine rings is 1. The maximum Gasteiger partial charge on any atom is 0.407 e. The largest absolute Gasteiger partial charge is 0.467 e. The lowest BCUT2D eigenvalue weighted by molar-refractivity contribution is 0.0467. The molecule has 0 bridgehead atoms. The first-order valence-electron chi connectivity index (χ1n) is 12.8. The lowest BCUT2D eigenvalue weighted by Gasteiger charge is -2.41. The van der Waals surface area contributed by atoms with Gasteiger partial charge in [-0.1, -0.05) is 34.6 Å². The van der Waals surface area contributed by atoms with Crippen LogP contribution in [0.15, 0.2) is 35.3 Å². The molecule has 12 nitrogen and oxygen atoms in total. The molecule has 38 heavy (non-hydrogen) atoms. The number of nitrogens with one attached hydrogen (secondary N) is 2. The standard InChI is InChI=1S/C26H36N8O4/c1-16(2)12-34(18-9-17(21-29-15-30-32-21)13-33(14-18)25(36)37)23(35)20-11-28-24(26(3,4)5)31-22(20)27-10-19-7-6-8-38-19/h6-8,11,15-18H,9-10,12-14H2,1-5H3,(H,36,37)(H,27,28,31)(H,29,30,32)/t17-,18+/m1/s1. The van der Waals surface area contributed by atoms with Crippen molar-refractivity contribution in [3.63, 3.8) is 0 Å². The number of carbonyl (C=O) groups is 2. The number of rotatable bonds is 8. The lowest BCUT2D eigenvalue weighted by atomic mass is 9.91. The zero-order valence-corrected chi connectivity index (χ0v) is 22.5. The zero-order valence-electron chi connectivity index (χ0n) is 22.5. The molecule has 0 radical (unpaired) electrons.